The van der Waals surface area contributed by atoms with Gasteiger partial charge in [-0.3, -0.25) is 4.99 Å². The summed E-state index contributed by atoms with van der Waals surface area (Å²) in [4.78, 5) is 15.7. The fourth-order valence-corrected chi connectivity index (χ4v) is 3.06. The molecule has 1 fully saturated rings. The van der Waals surface area contributed by atoms with E-state index in [0.29, 0.717) is 12.0 Å². The second-order valence-corrected chi connectivity index (χ2v) is 7.29. The van der Waals surface area contributed by atoms with Gasteiger partial charge in [-0.25, -0.2) is 9.97 Å². The van der Waals surface area contributed by atoms with E-state index in [1.807, 2.05) is 18.2 Å². The maximum absolute atomic E-state index is 5.40. The van der Waals surface area contributed by atoms with Crippen LogP contribution in [-0.4, -0.2) is 48.1 Å². The number of aliphatic imine (C=N–C) groups is 1. The molecule has 3 heterocycles. The molecule has 3 rings (SSSR count). The van der Waals surface area contributed by atoms with Gasteiger partial charge < -0.3 is 20.0 Å². The Morgan fingerprint density at radius 2 is 2.00 bits per heavy atom. The third kappa shape index (κ3) is 7.29. The van der Waals surface area contributed by atoms with Gasteiger partial charge in [-0.05, 0) is 37.0 Å². The van der Waals surface area contributed by atoms with Gasteiger partial charge in [0.2, 0.25) is 5.95 Å². The van der Waals surface area contributed by atoms with Gasteiger partial charge in [-0.2, -0.15) is 0 Å². The first kappa shape index (κ1) is 22.4. The summed E-state index contributed by atoms with van der Waals surface area (Å²) in [6.07, 6.45) is 8.24. The molecule has 2 aromatic rings. The predicted molar refractivity (Wildman–Crippen MR) is 123 cm³/mol. The van der Waals surface area contributed by atoms with Gasteiger partial charge in [-0.15, -0.1) is 24.0 Å². The molecule has 1 aliphatic heterocycles. The number of nitrogens with one attached hydrogen (secondary N) is 2. The molecule has 0 saturated carbocycles. The van der Waals surface area contributed by atoms with Gasteiger partial charge in [0.05, 0.1) is 6.26 Å². The number of anilines is 1. The summed E-state index contributed by atoms with van der Waals surface area (Å²) in [5.74, 6) is 3.23. The lowest BCUT2D eigenvalue weighted by Crippen LogP contribution is -2.49. The monoisotopic (exact) mass is 498 g/mol. The van der Waals surface area contributed by atoms with E-state index in [4.69, 9.17) is 9.41 Å². The molecule has 7 nitrogen and oxygen atoms in total. The number of hydrogen-bond acceptors (Lipinski definition) is 5. The second kappa shape index (κ2) is 11.9. The molecule has 1 aliphatic rings. The first-order valence-corrected chi connectivity index (χ1v) is 9.80. The maximum atomic E-state index is 5.40. The molecule has 0 aromatic carbocycles. The summed E-state index contributed by atoms with van der Waals surface area (Å²) in [6.45, 7) is 7.88. The van der Waals surface area contributed by atoms with Crippen molar-refractivity contribution < 1.29 is 4.42 Å². The number of piperidine rings is 1. The lowest BCUT2D eigenvalue weighted by Gasteiger charge is -2.33. The fourth-order valence-electron chi connectivity index (χ4n) is 3.06. The number of hydrogen-bond donors (Lipinski definition) is 2. The summed E-state index contributed by atoms with van der Waals surface area (Å²) in [7, 11) is 0. The van der Waals surface area contributed by atoms with Gasteiger partial charge in [0.25, 0.3) is 0 Å². The number of nitrogens with zero attached hydrogens (tertiary/aromatic N) is 4. The molecule has 0 radical (unpaired) electrons. The number of furan rings is 1. The van der Waals surface area contributed by atoms with Gasteiger partial charge in [-0.1, -0.05) is 13.8 Å². The lowest BCUT2D eigenvalue weighted by molar-refractivity contribution is 0.455. The summed E-state index contributed by atoms with van der Waals surface area (Å²) >= 11 is 0. The van der Waals surface area contributed by atoms with Gasteiger partial charge in [0, 0.05) is 51.0 Å². The Morgan fingerprint density at radius 1 is 1.25 bits per heavy atom. The van der Waals surface area contributed by atoms with E-state index in [1.54, 1.807) is 18.7 Å². The smallest absolute Gasteiger partial charge is 0.225 e. The highest BCUT2D eigenvalue weighted by Crippen LogP contribution is 2.15. The summed E-state index contributed by atoms with van der Waals surface area (Å²) in [5, 5.41) is 7.05. The minimum atomic E-state index is 0. The number of guanidine groups is 1. The minimum absolute atomic E-state index is 0. The highest BCUT2D eigenvalue weighted by atomic mass is 127. The Labute approximate surface area is 184 Å². The first-order chi connectivity index (χ1) is 13.2. The average Bonchev–Trinajstić information content (AvgIpc) is 3.21. The molecule has 0 bridgehead atoms. The van der Waals surface area contributed by atoms with Crippen molar-refractivity contribution in [2.24, 2.45) is 10.9 Å². The van der Waals surface area contributed by atoms with Crippen LogP contribution in [0.4, 0.5) is 5.95 Å². The van der Waals surface area contributed by atoms with Gasteiger partial charge in [0.1, 0.15) is 5.76 Å². The van der Waals surface area contributed by atoms with Crippen molar-refractivity contribution >= 4 is 35.9 Å². The predicted octanol–water partition coefficient (Wildman–Crippen LogP) is 3.09. The molecule has 0 atom stereocenters. The molecule has 0 aliphatic carbocycles. The maximum Gasteiger partial charge on any atom is 0.225 e. The third-order valence-electron chi connectivity index (χ3n) is 4.53. The Hall–Kier alpha value is -1.84. The van der Waals surface area contributed by atoms with Crippen molar-refractivity contribution in [3.05, 3.63) is 42.6 Å². The molecule has 0 spiro atoms. The molecule has 8 heteroatoms. The third-order valence-corrected chi connectivity index (χ3v) is 4.53. The highest BCUT2D eigenvalue weighted by Gasteiger charge is 2.21. The standard InChI is InChI=1S/C20H30N6O.HI/c1-16(2)15-24-19(21-11-6-18-5-3-14-27-18)25-17-7-12-26(13-8-17)20-22-9-4-10-23-20;/h3-5,9-10,14,16-17H,6-8,11-13,15H2,1-2H3,(H2,21,24,25);1H. The van der Waals surface area contributed by atoms with Crippen LogP contribution in [0, 0.1) is 5.92 Å². The van der Waals surface area contributed by atoms with E-state index in [-0.39, 0.29) is 24.0 Å². The van der Waals surface area contributed by atoms with E-state index in [1.165, 1.54) is 0 Å². The molecule has 28 heavy (non-hydrogen) atoms. The van der Waals surface area contributed by atoms with E-state index < -0.39 is 0 Å². The zero-order valence-corrected chi connectivity index (χ0v) is 19.0. The molecule has 154 valence electrons. The van der Waals surface area contributed by atoms with Crippen molar-refractivity contribution in [3.63, 3.8) is 0 Å². The molecular weight excluding hydrogens is 467 g/mol. The first-order valence-electron chi connectivity index (χ1n) is 9.80. The van der Waals surface area contributed by atoms with Crippen molar-refractivity contribution in [2.75, 3.05) is 31.1 Å². The summed E-state index contributed by atoms with van der Waals surface area (Å²) in [6, 6.07) is 6.18. The van der Waals surface area contributed by atoms with Crippen molar-refractivity contribution in [3.8, 4) is 0 Å². The minimum Gasteiger partial charge on any atom is -0.469 e. The zero-order chi connectivity index (χ0) is 18.9. The second-order valence-electron chi connectivity index (χ2n) is 7.29. The number of rotatable bonds is 7. The van der Waals surface area contributed by atoms with Crippen LogP contribution in [0.15, 0.2) is 46.3 Å². The molecule has 2 N–H and O–H groups in total. The van der Waals surface area contributed by atoms with Crippen LogP contribution in [0.25, 0.3) is 0 Å². The van der Waals surface area contributed by atoms with Crippen molar-refractivity contribution in [1.82, 2.24) is 20.6 Å². The molecule has 0 amide bonds. The van der Waals surface area contributed by atoms with Gasteiger partial charge in [0.15, 0.2) is 5.96 Å². The normalized spacial score (nSPS) is 15.4. The fraction of sp³-hybridized carbons (Fsp3) is 0.550. The SMILES string of the molecule is CC(C)CN=C(NCCc1ccco1)NC1CCN(c2ncccn2)CC1.I. The van der Waals surface area contributed by atoms with Crippen molar-refractivity contribution in [2.45, 2.75) is 39.2 Å². The van der Waals surface area contributed by atoms with Crippen LogP contribution in [-0.2, 0) is 6.42 Å². The Kier molecular flexibility index (Phi) is 9.52. The Morgan fingerprint density at radius 3 is 2.64 bits per heavy atom. The molecule has 1 saturated heterocycles. The molecular formula is C20H31IN6O. The van der Waals surface area contributed by atoms with Crippen LogP contribution < -0.4 is 15.5 Å². The summed E-state index contributed by atoms with van der Waals surface area (Å²) < 4.78 is 5.40. The quantitative estimate of drug-likeness (QED) is 0.347. The number of halogens is 1. The molecule has 2 aromatic heterocycles. The van der Waals surface area contributed by atoms with Crippen LogP contribution in [0.1, 0.15) is 32.4 Å². The topological polar surface area (TPSA) is 78.6 Å². The average molecular weight is 498 g/mol. The largest absolute Gasteiger partial charge is 0.469 e. The van der Waals surface area contributed by atoms with E-state index in [2.05, 4.69) is 39.3 Å². The van der Waals surface area contributed by atoms with Gasteiger partial charge >= 0.3 is 0 Å². The van der Waals surface area contributed by atoms with Crippen LogP contribution in [0.2, 0.25) is 0 Å². The van der Waals surface area contributed by atoms with Crippen LogP contribution in [0.5, 0.6) is 0 Å². The number of aromatic nitrogens is 2. The van der Waals surface area contributed by atoms with Crippen molar-refractivity contribution in [1.29, 1.82) is 0 Å². The van der Waals surface area contributed by atoms with Crippen LogP contribution >= 0.6 is 24.0 Å². The van der Waals surface area contributed by atoms with E-state index >= 15 is 0 Å². The van der Waals surface area contributed by atoms with Crippen LogP contribution in [0.3, 0.4) is 0 Å². The summed E-state index contributed by atoms with van der Waals surface area (Å²) in [5.41, 5.74) is 0. The Balaban J connectivity index is 0.00000280. The Bertz CT molecular complexity index is 684. The molecule has 0 unspecified atom stereocenters. The van der Waals surface area contributed by atoms with E-state index in [0.717, 1.165) is 63.1 Å². The van der Waals surface area contributed by atoms with E-state index in [9.17, 15) is 0 Å². The lowest BCUT2D eigenvalue weighted by atomic mass is 10.1. The zero-order valence-electron chi connectivity index (χ0n) is 16.7. The highest BCUT2D eigenvalue weighted by molar-refractivity contribution is 14.0.